The first-order chi connectivity index (χ1) is 5.61. The summed E-state index contributed by atoms with van der Waals surface area (Å²) in [4.78, 5) is 0. The van der Waals surface area contributed by atoms with Crippen LogP contribution in [0.1, 0.15) is 33.1 Å². The van der Waals surface area contributed by atoms with Gasteiger partial charge in [-0.1, -0.05) is 13.8 Å². The predicted molar refractivity (Wildman–Crippen MR) is 60.2 cm³/mol. The Morgan fingerprint density at radius 2 is 2.08 bits per heavy atom. The van der Waals surface area contributed by atoms with Crippen LogP contribution in [0, 0.1) is 17.3 Å². The fourth-order valence-electron chi connectivity index (χ4n) is 2.35. The standard InChI is InChI=1S/C10H18IN/c1-8(2)9-5-10(3-4-10)7-12(11)6-9/h8-9H,3-7H2,1-2H3/t9-/m1/s1. The molecule has 2 heteroatoms. The van der Waals surface area contributed by atoms with E-state index in [2.05, 4.69) is 39.8 Å². The molecule has 1 saturated carbocycles. The van der Waals surface area contributed by atoms with Gasteiger partial charge in [-0.15, -0.1) is 0 Å². The average Bonchev–Trinajstić information content (AvgIpc) is 2.67. The lowest BCUT2D eigenvalue weighted by molar-refractivity contribution is 0.170. The lowest BCUT2D eigenvalue weighted by Gasteiger charge is -2.36. The summed E-state index contributed by atoms with van der Waals surface area (Å²) in [6, 6.07) is 0. The summed E-state index contributed by atoms with van der Waals surface area (Å²) in [5.41, 5.74) is 0.772. The van der Waals surface area contributed by atoms with Crippen molar-refractivity contribution in [3.63, 3.8) is 0 Å². The molecule has 0 radical (unpaired) electrons. The maximum atomic E-state index is 2.51. The summed E-state index contributed by atoms with van der Waals surface area (Å²) in [5.74, 6) is 1.83. The van der Waals surface area contributed by atoms with E-state index in [-0.39, 0.29) is 0 Å². The van der Waals surface area contributed by atoms with Crippen molar-refractivity contribution < 1.29 is 0 Å². The zero-order chi connectivity index (χ0) is 8.77. The average molecular weight is 279 g/mol. The molecule has 0 aromatic rings. The molecule has 12 heavy (non-hydrogen) atoms. The van der Waals surface area contributed by atoms with Crippen LogP contribution in [0.25, 0.3) is 0 Å². The Kier molecular flexibility index (Phi) is 2.41. The van der Waals surface area contributed by atoms with Gasteiger partial charge in [-0.25, -0.2) is 3.11 Å². The smallest absolute Gasteiger partial charge is 0.0201 e. The molecular weight excluding hydrogens is 261 g/mol. The lowest BCUT2D eigenvalue weighted by atomic mass is 9.81. The van der Waals surface area contributed by atoms with Crippen LogP contribution in [-0.4, -0.2) is 16.2 Å². The third kappa shape index (κ3) is 1.79. The van der Waals surface area contributed by atoms with Gasteiger partial charge in [0.1, 0.15) is 0 Å². The molecule has 1 saturated heterocycles. The minimum Gasteiger partial charge on any atom is -0.247 e. The molecule has 0 N–H and O–H groups in total. The molecule has 2 rings (SSSR count). The lowest BCUT2D eigenvalue weighted by Crippen LogP contribution is -2.37. The van der Waals surface area contributed by atoms with E-state index in [9.17, 15) is 0 Å². The van der Waals surface area contributed by atoms with E-state index in [0.717, 1.165) is 17.3 Å². The molecule has 1 heterocycles. The summed E-state index contributed by atoms with van der Waals surface area (Å²) >= 11 is 2.50. The normalized spacial score (nSPS) is 34.5. The van der Waals surface area contributed by atoms with Crippen LogP contribution in [-0.2, 0) is 0 Å². The quantitative estimate of drug-likeness (QED) is 0.526. The van der Waals surface area contributed by atoms with Crippen LogP contribution in [0.3, 0.4) is 0 Å². The summed E-state index contributed by atoms with van der Waals surface area (Å²) in [6.45, 7) is 7.42. The van der Waals surface area contributed by atoms with E-state index in [4.69, 9.17) is 0 Å². The second-order valence-electron chi connectivity index (χ2n) is 5.01. The predicted octanol–water partition coefficient (Wildman–Crippen LogP) is 3.09. The molecule has 0 unspecified atom stereocenters. The Morgan fingerprint density at radius 1 is 1.42 bits per heavy atom. The molecule has 0 aromatic carbocycles. The van der Waals surface area contributed by atoms with Crippen molar-refractivity contribution in [3.8, 4) is 0 Å². The molecule has 1 aliphatic carbocycles. The van der Waals surface area contributed by atoms with E-state index < -0.39 is 0 Å². The molecule has 0 amide bonds. The Morgan fingerprint density at radius 3 is 2.58 bits per heavy atom. The van der Waals surface area contributed by atoms with E-state index in [1.807, 2.05) is 0 Å². The van der Waals surface area contributed by atoms with Crippen molar-refractivity contribution in [3.05, 3.63) is 0 Å². The van der Waals surface area contributed by atoms with Gasteiger partial charge in [0.2, 0.25) is 0 Å². The first kappa shape index (κ1) is 9.25. The SMILES string of the molecule is CC(C)[C@H]1CN(I)CC2(CC2)C1. The molecular formula is C10H18IN. The highest BCUT2D eigenvalue weighted by molar-refractivity contribution is 14.1. The van der Waals surface area contributed by atoms with Gasteiger partial charge in [0.05, 0.1) is 0 Å². The molecule has 0 aromatic heterocycles. The Hall–Kier alpha value is 0.690. The molecule has 1 nitrogen and oxygen atoms in total. The second-order valence-corrected chi connectivity index (χ2v) is 6.38. The fourth-order valence-corrected chi connectivity index (χ4v) is 3.58. The topological polar surface area (TPSA) is 3.24 Å². The van der Waals surface area contributed by atoms with Crippen molar-refractivity contribution in [1.82, 2.24) is 3.11 Å². The van der Waals surface area contributed by atoms with Crippen molar-refractivity contribution in [2.75, 3.05) is 13.1 Å². The third-order valence-corrected chi connectivity index (χ3v) is 4.27. The number of nitrogens with zero attached hydrogens (tertiary/aromatic N) is 1. The van der Waals surface area contributed by atoms with Crippen LogP contribution in [0.2, 0.25) is 0 Å². The highest BCUT2D eigenvalue weighted by atomic mass is 127. The minimum absolute atomic E-state index is 0.772. The Bertz CT molecular complexity index is 175. The van der Waals surface area contributed by atoms with E-state index >= 15 is 0 Å². The zero-order valence-electron chi connectivity index (χ0n) is 8.02. The van der Waals surface area contributed by atoms with Gasteiger partial charge >= 0.3 is 0 Å². The van der Waals surface area contributed by atoms with Gasteiger partial charge in [-0.2, -0.15) is 0 Å². The van der Waals surface area contributed by atoms with Crippen molar-refractivity contribution >= 4 is 22.9 Å². The first-order valence-electron chi connectivity index (χ1n) is 5.02. The van der Waals surface area contributed by atoms with Crippen molar-refractivity contribution in [2.45, 2.75) is 33.1 Å². The van der Waals surface area contributed by atoms with Crippen LogP contribution >= 0.6 is 22.9 Å². The van der Waals surface area contributed by atoms with Gasteiger partial charge in [0.15, 0.2) is 0 Å². The maximum Gasteiger partial charge on any atom is 0.0201 e. The van der Waals surface area contributed by atoms with E-state index in [1.165, 1.54) is 32.4 Å². The van der Waals surface area contributed by atoms with Crippen LogP contribution in [0.15, 0.2) is 0 Å². The molecule has 2 fully saturated rings. The maximum absolute atomic E-state index is 2.51. The number of rotatable bonds is 1. The number of halogens is 1. The highest BCUT2D eigenvalue weighted by Crippen LogP contribution is 2.54. The van der Waals surface area contributed by atoms with Gasteiger partial charge in [0.25, 0.3) is 0 Å². The van der Waals surface area contributed by atoms with Crippen molar-refractivity contribution in [2.24, 2.45) is 17.3 Å². The van der Waals surface area contributed by atoms with E-state index in [0.29, 0.717) is 0 Å². The number of hydrogen-bond donors (Lipinski definition) is 0. The summed E-state index contributed by atoms with van der Waals surface area (Å²) in [7, 11) is 0. The van der Waals surface area contributed by atoms with Crippen LogP contribution in [0.4, 0.5) is 0 Å². The van der Waals surface area contributed by atoms with Crippen LogP contribution < -0.4 is 0 Å². The number of hydrogen-bond acceptors (Lipinski definition) is 1. The fraction of sp³-hybridized carbons (Fsp3) is 1.00. The molecule has 0 bridgehead atoms. The second kappa shape index (κ2) is 3.12. The largest absolute Gasteiger partial charge is 0.247 e. The van der Waals surface area contributed by atoms with Gasteiger partial charge < -0.3 is 0 Å². The zero-order valence-corrected chi connectivity index (χ0v) is 10.2. The summed E-state index contributed by atoms with van der Waals surface area (Å²) in [6.07, 6.45) is 4.50. The number of piperidine rings is 1. The van der Waals surface area contributed by atoms with Gasteiger partial charge in [-0.05, 0) is 36.5 Å². The molecule has 70 valence electrons. The molecule has 1 aliphatic heterocycles. The van der Waals surface area contributed by atoms with Crippen molar-refractivity contribution in [1.29, 1.82) is 0 Å². The molecule has 1 atom stereocenters. The highest BCUT2D eigenvalue weighted by Gasteiger charge is 2.48. The summed E-state index contributed by atoms with van der Waals surface area (Å²) < 4.78 is 2.51. The van der Waals surface area contributed by atoms with Gasteiger partial charge in [-0.3, -0.25) is 0 Å². The molecule has 2 aliphatic rings. The Labute approximate surface area is 89.4 Å². The minimum atomic E-state index is 0.772. The van der Waals surface area contributed by atoms with E-state index in [1.54, 1.807) is 0 Å². The monoisotopic (exact) mass is 279 g/mol. The third-order valence-electron chi connectivity index (χ3n) is 3.53. The summed E-state index contributed by atoms with van der Waals surface area (Å²) in [5, 5.41) is 0. The first-order valence-corrected chi connectivity index (χ1v) is 5.99. The molecule has 1 spiro atoms. The van der Waals surface area contributed by atoms with Crippen LogP contribution in [0.5, 0.6) is 0 Å². The van der Waals surface area contributed by atoms with Gasteiger partial charge in [0, 0.05) is 36.0 Å². The Balaban J connectivity index is 1.99.